The summed E-state index contributed by atoms with van der Waals surface area (Å²) in [7, 11) is 0. The van der Waals surface area contributed by atoms with Crippen LogP contribution in [0.25, 0.3) is 6.08 Å². The molecule has 0 N–H and O–H groups in total. The lowest BCUT2D eigenvalue weighted by Crippen LogP contribution is -1.73. The van der Waals surface area contributed by atoms with Crippen molar-refractivity contribution >= 4 is 34.6 Å². The van der Waals surface area contributed by atoms with Crippen molar-refractivity contribution in [1.82, 2.24) is 0 Å². The van der Waals surface area contributed by atoms with Gasteiger partial charge in [0.15, 0.2) is 0 Å². The van der Waals surface area contributed by atoms with Crippen LogP contribution < -0.4 is 0 Å². The summed E-state index contributed by atoms with van der Waals surface area (Å²) >= 11 is 7.53. The van der Waals surface area contributed by atoms with Crippen LogP contribution in [-0.2, 0) is 0 Å². The molecule has 0 unspecified atom stereocenters. The van der Waals surface area contributed by atoms with E-state index >= 15 is 0 Å². The molecule has 0 aliphatic rings. The zero-order chi connectivity index (χ0) is 8.10. The number of hydrogen-bond acceptors (Lipinski definition) is 1. The minimum absolute atomic E-state index is 0.779. The van der Waals surface area contributed by atoms with Crippen LogP contribution in [0.1, 0.15) is 5.56 Å². The molecule has 2 heteroatoms. The highest BCUT2D eigenvalue weighted by Gasteiger charge is 1.90. The van der Waals surface area contributed by atoms with Crippen LogP contribution in [0.5, 0.6) is 0 Å². The summed E-state index contributed by atoms with van der Waals surface area (Å²) < 4.78 is 1.12. The second-order valence-electron chi connectivity index (χ2n) is 2.11. The predicted molar refractivity (Wildman–Crippen MR) is 57.0 cm³/mol. The van der Waals surface area contributed by atoms with Crippen LogP contribution >= 0.6 is 28.6 Å². The number of rotatable bonds is 2. The molecule has 0 aromatic heterocycles. The van der Waals surface area contributed by atoms with Crippen molar-refractivity contribution in [3.05, 3.63) is 40.4 Å². The predicted octanol–water partition coefficient (Wildman–Crippen LogP) is 3.39. The Bertz CT molecular complexity index is 255. The fourth-order valence-electron chi connectivity index (χ4n) is 0.790. The highest BCUT2D eigenvalue weighted by Crippen LogP contribution is 2.16. The normalized spacial score (nSPS) is 10.7. The van der Waals surface area contributed by atoms with Crippen molar-refractivity contribution in [1.29, 1.82) is 0 Å². The van der Waals surface area contributed by atoms with Crippen molar-refractivity contribution in [2.75, 3.05) is 5.75 Å². The van der Waals surface area contributed by atoms with E-state index in [-0.39, 0.29) is 0 Å². The summed E-state index contributed by atoms with van der Waals surface area (Å²) in [5.41, 5.74) is 1.20. The first-order valence-corrected chi connectivity index (χ1v) is 4.79. The Balaban J connectivity index is 2.86. The van der Waals surface area contributed by atoms with Gasteiger partial charge in [-0.05, 0) is 11.6 Å². The van der Waals surface area contributed by atoms with Gasteiger partial charge in [-0.2, -0.15) is 12.6 Å². The first kappa shape index (κ1) is 8.88. The molecule has 0 saturated heterocycles. The Kier molecular flexibility index (Phi) is 3.73. The van der Waals surface area contributed by atoms with E-state index < -0.39 is 0 Å². The fourth-order valence-corrected chi connectivity index (χ4v) is 1.31. The monoisotopic (exact) mass is 228 g/mol. The maximum atomic E-state index is 4.08. The molecule has 0 amide bonds. The topological polar surface area (TPSA) is 0 Å². The highest BCUT2D eigenvalue weighted by atomic mass is 79.9. The van der Waals surface area contributed by atoms with Gasteiger partial charge < -0.3 is 0 Å². The molecule has 0 radical (unpaired) electrons. The van der Waals surface area contributed by atoms with Gasteiger partial charge in [0.05, 0.1) is 0 Å². The molecule has 0 aliphatic heterocycles. The highest BCUT2D eigenvalue weighted by molar-refractivity contribution is 9.10. The van der Waals surface area contributed by atoms with Gasteiger partial charge in [-0.25, -0.2) is 0 Å². The molecule has 0 bridgehead atoms. The second-order valence-corrected chi connectivity index (χ2v) is 3.33. The lowest BCUT2D eigenvalue weighted by atomic mass is 10.2. The van der Waals surface area contributed by atoms with Crippen LogP contribution in [0.2, 0.25) is 0 Å². The average Bonchev–Trinajstić information content (AvgIpc) is 2.03. The van der Waals surface area contributed by atoms with Crippen LogP contribution in [-0.4, -0.2) is 5.75 Å². The third-order valence-electron chi connectivity index (χ3n) is 1.31. The molecule has 1 rings (SSSR count). The summed E-state index contributed by atoms with van der Waals surface area (Å²) in [6.45, 7) is 0. The first-order chi connectivity index (χ1) is 5.34. The van der Waals surface area contributed by atoms with Crippen molar-refractivity contribution < 1.29 is 0 Å². The number of thiol groups is 1. The SMILES string of the molecule is SCC=Cc1ccccc1Br. The maximum absolute atomic E-state index is 4.08. The van der Waals surface area contributed by atoms with Crippen LogP contribution in [0.15, 0.2) is 34.8 Å². The maximum Gasteiger partial charge on any atom is 0.0247 e. The summed E-state index contributed by atoms with van der Waals surface area (Å²) in [6, 6.07) is 8.10. The van der Waals surface area contributed by atoms with E-state index in [1.165, 1.54) is 5.56 Å². The Morgan fingerprint density at radius 2 is 2.09 bits per heavy atom. The van der Waals surface area contributed by atoms with Crippen LogP contribution in [0, 0.1) is 0 Å². The van der Waals surface area contributed by atoms with E-state index in [1.807, 2.05) is 24.3 Å². The Hall–Kier alpha value is -0.210. The Labute approximate surface area is 80.9 Å². The molecule has 0 spiro atoms. The van der Waals surface area contributed by atoms with E-state index in [1.54, 1.807) is 0 Å². The third-order valence-corrected chi connectivity index (χ3v) is 2.24. The molecule has 11 heavy (non-hydrogen) atoms. The standard InChI is InChI=1S/C9H9BrS/c10-9-6-2-1-4-8(9)5-3-7-11/h1-6,11H,7H2. The molecular formula is C9H9BrS. The second kappa shape index (κ2) is 4.62. The van der Waals surface area contributed by atoms with E-state index in [4.69, 9.17) is 0 Å². The fraction of sp³-hybridized carbons (Fsp3) is 0.111. The molecule has 0 saturated carbocycles. The summed E-state index contributed by atoms with van der Waals surface area (Å²) in [5, 5.41) is 0. The Morgan fingerprint density at radius 3 is 2.73 bits per heavy atom. The lowest BCUT2D eigenvalue weighted by Gasteiger charge is -1.95. The van der Waals surface area contributed by atoms with Gasteiger partial charge in [-0.1, -0.05) is 46.3 Å². The minimum atomic E-state index is 0.779. The van der Waals surface area contributed by atoms with Crippen molar-refractivity contribution in [2.45, 2.75) is 0 Å². The quantitative estimate of drug-likeness (QED) is 0.738. The van der Waals surface area contributed by atoms with E-state index in [0.29, 0.717) is 0 Å². The van der Waals surface area contributed by atoms with Crippen molar-refractivity contribution in [3.8, 4) is 0 Å². The molecule has 0 aliphatic carbocycles. The first-order valence-electron chi connectivity index (χ1n) is 3.36. The third kappa shape index (κ3) is 2.72. The van der Waals surface area contributed by atoms with Gasteiger partial charge in [-0.3, -0.25) is 0 Å². The number of benzene rings is 1. The average molecular weight is 229 g/mol. The zero-order valence-electron chi connectivity index (χ0n) is 6.00. The van der Waals surface area contributed by atoms with E-state index in [9.17, 15) is 0 Å². The molecular weight excluding hydrogens is 220 g/mol. The zero-order valence-corrected chi connectivity index (χ0v) is 8.48. The van der Waals surface area contributed by atoms with Crippen molar-refractivity contribution in [2.24, 2.45) is 0 Å². The minimum Gasteiger partial charge on any atom is -0.175 e. The van der Waals surface area contributed by atoms with Gasteiger partial charge in [0.1, 0.15) is 0 Å². The largest absolute Gasteiger partial charge is 0.175 e. The van der Waals surface area contributed by atoms with Gasteiger partial charge in [0.25, 0.3) is 0 Å². The van der Waals surface area contributed by atoms with Gasteiger partial charge in [0.2, 0.25) is 0 Å². The summed E-state index contributed by atoms with van der Waals surface area (Å²) in [5.74, 6) is 0.779. The number of hydrogen-bond donors (Lipinski definition) is 1. The molecule has 1 aromatic rings. The lowest BCUT2D eigenvalue weighted by molar-refractivity contribution is 1.59. The van der Waals surface area contributed by atoms with Crippen LogP contribution in [0.3, 0.4) is 0 Å². The summed E-state index contributed by atoms with van der Waals surface area (Å²) in [6.07, 6.45) is 4.07. The Morgan fingerprint density at radius 1 is 1.36 bits per heavy atom. The number of halogens is 1. The molecule has 0 fully saturated rings. The molecule has 1 aromatic carbocycles. The molecule has 58 valence electrons. The smallest absolute Gasteiger partial charge is 0.0247 e. The molecule has 0 nitrogen and oxygen atoms in total. The molecule has 0 atom stereocenters. The molecule has 0 heterocycles. The van der Waals surface area contributed by atoms with Gasteiger partial charge in [-0.15, -0.1) is 0 Å². The van der Waals surface area contributed by atoms with Crippen LogP contribution in [0.4, 0.5) is 0 Å². The summed E-state index contributed by atoms with van der Waals surface area (Å²) in [4.78, 5) is 0. The van der Waals surface area contributed by atoms with Crippen molar-refractivity contribution in [3.63, 3.8) is 0 Å². The van der Waals surface area contributed by atoms with E-state index in [2.05, 4.69) is 40.7 Å². The van der Waals surface area contributed by atoms with E-state index in [0.717, 1.165) is 10.2 Å². The van der Waals surface area contributed by atoms with Gasteiger partial charge >= 0.3 is 0 Å². The van der Waals surface area contributed by atoms with Gasteiger partial charge in [0, 0.05) is 10.2 Å².